The number of nitrogens with one attached hydrogen (secondary N) is 1. The van der Waals surface area contributed by atoms with Gasteiger partial charge in [0, 0.05) is 19.6 Å². The van der Waals surface area contributed by atoms with E-state index in [9.17, 15) is 4.79 Å². The Morgan fingerprint density at radius 1 is 1.22 bits per heavy atom. The molecule has 4 nitrogen and oxygen atoms in total. The van der Waals surface area contributed by atoms with Crippen LogP contribution in [-0.2, 0) is 4.79 Å². The summed E-state index contributed by atoms with van der Waals surface area (Å²) in [6.45, 7) is 7.93. The number of aliphatic hydroxyl groups excluding tert-OH is 1. The summed E-state index contributed by atoms with van der Waals surface area (Å²) in [6, 6.07) is 0. The summed E-state index contributed by atoms with van der Waals surface area (Å²) in [5.74, 6) is 1.57. The van der Waals surface area contributed by atoms with Gasteiger partial charge in [0.1, 0.15) is 0 Å². The van der Waals surface area contributed by atoms with Crippen LogP contribution in [0.5, 0.6) is 0 Å². The number of hydrogen-bond donors (Lipinski definition) is 3. The van der Waals surface area contributed by atoms with Gasteiger partial charge >= 0.3 is 0 Å². The lowest BCUT2D eigenvalue weighted by atomic mass is 9.88. The first-order valence-electron chi connectivity index (χ1n) is 7.08. The Morgan fingerprint density at radius 2 is 1.89 bits per heavy atom. The second-order valence-electron chi connectivity index (χ2n) is 5.54. The monoisotopic (exact) mass is 258 g/mol. The van der Waals surface area contributed by atoms with Gasteiger partial charge in [0.2, 0.25) is 5.91 Å². The number of carbonyl (C=O) groups is 1. The number of aliphatic hydroxyl groups is 1. The summed E-state index contributed by atoms with van der Waals surface area (Å²) in [5.41, 5.74) is 5.58. The van der Waals surface area contributed by atoms with Crippen molar-refractivity contribution in [1.29, 1.82) is 0 Å². The summed E-state index contributed by atoms with van der Waals surface area (Å²) in [4.78, 5) is 11.7. The van der Waals surface area contributed by atoms with Crippen molar-refractivity contribution in [2.45, 2.75) is 46.5 Å². The maximum Gasteiger partial charge on any atom is 0.220 e. The van der Waals surface area contributed by atoms with E-state index in [4.69, 9.17) is 10.8 Å². The van der Waals surface area contributed by atoms with Crippen LogP contribution in [0.25, 0.3) is 0 Å². The molecule has 4 N–H and O–H groups in total. The maximum absolute atomic E-state index is 11.7. The first kappa shape index (κ1) is 17.4. The summed E-state index contributed by atoms with van der Waals surface area (Å²) < 4.78 is 0. The van der Waals surface area contributed by atoms with E-state index in [0.717, 1.165) is 19.3 Å². The number of amides is 1. The quantitative estimate of drug-likeness (QED) is 0.556. The van der Waals surface area contributed by atoms with Gasteiger partial charge in [0.25, 0.3) is 0 Å². The molecule has 4 heteroatoms. The van der Waals surface area contributed by atoms with Crippen LogP contribution in [0.3, 0.4) is 0 Å². The molecule has 0 fully saturated rings. The highest BCUT2D eigenvalue weighted by Gasteiger charge is 2.14. The Balaban J connectivity index is 3.80. The summed E-state index contributed by atoms with van der Waals surface area (Å²) in [6.07, 6.45) is 3.22. The Morgan fingerprint density at radius 3 is 2.39 bits per heavy atom. The van der Waals surface area contributed by atoms with Crippen LogP contribution in [0.1, 0.15) is 46.5 Å². The molecule has 0 aliphatic heterocycles. The lowest BCUT2D eigenvalue weighted by Crippen LogP contribution is -2.29. The Labute approximate surface area is 111 Å². The van der Waals surface area contributed by atoms with Crippen LogP contribution >= 0.6 is 0 Å². The van der Waals surface area contributed by atoms with Crippen LogP contribution in [0, 0.1) is 17.8 Å². The molecule has 108 valence electrons. The molecule has 0 saturated carbocycles. The van der Waals surface area contributed by atoms with Crippen molar-refractivity contribution < 1.29 is 9.90 Å². The average molecular weight is 258 g/mol. The van der Waals surface area contributed by atoms with E-state index in [0.29, 0.717) is 37.3 Å². The van der Waals surface area contributed by atoms with Gasteiger partial charge in [-0.3, -0.25) is 4.79 Å². The minimum absolute atomic E-state index is 0.113. The van der Waals surface area contributed by atoms with Gasteiger partial charge < -0.3 is 16.2 Å². The maximum atomic E-state index is 11.7. The molecule has 2 unspecified atom stereocenters. The largest absolute Gasteiger partial charge is 0.396 e. The van der Waals surface area contributed by atoms with E-state index in [1.54, 1.807) is 0 Å². The fraction of sp³-hybridized carbons (Fsp3) is 0.929. The Bertz CT molecular complexity index is 220. The van der Waals surface area contributed by atoms with Gasteiger partial charge in [0.05, 0.1) is 0 Å². The highest BCUT2D eigenvalue weighted by atomic mass is 16.3. The van der Waals surface area contributed by atoms with E-state index < -0.39 is 0 Å². The standard InChI is InChI=1S/C14H30N2O2/c1-11(2)13(6-8-15)4-5-14(18)16-10-12(3)7-9-17/h11-13,17H,4-10,15H2,1-3H3,(H,16,18). The lowest BCUT2D eigenvalue weighted by molar-refractivity contribution is -0.121. The van der Waals surface area contributed by atoms with Crippen molar-refractivity contribution in [2.24, 2.45) is 23.5 Å². The van der Waals surface area contributed by atoms with Crippen molar-refractivity contribution >= 4 is 5.91 Å². The van der Waals surface area contributed by atoms with Gasteiger partial charge in [0.15, 0.2) is 0 Å². The summed E-state index contributed by atoms with van der Waals surface area (Å²) >= 11 is 0. The van der Waals surface area contributed by atoms with Gasteiger partial charge in [-0.05, 0) is 43.6 Å². The Kier molecular flexibility index (Phi) is 9.98. The third-order valence-electron chi connectivity index (χ3n) is 3.49. The van der Waals surface area contributed by atoms with Crippen LogP contribution in [-0.4, -0.2) is 30.7 Å². The van der Waals surface area contributed by atoms with E-state index in [2.05, 4.69) is 19.2 Å². The second-order valence-corrected chi connectivity index (χ2v) is 5.54. The minimum Gasteiger partial charge on any atom is -0.396 e. The number of hydrogen-bond acceptors (Lipinski definition) is 3. The van der Waals surface area contributed by atoms with Crippen molar-refractivity contribution in [3.63, 3.8) is 0 Å². The zero-order chi connectivity index (χ0) is 14.0. The molecule has 18 heavy (non-hydrogen) atoms. The smallest absolute Gasteiger partial charge is 0.220 e. The SMILES string of the molecule is CC(CCO)CNC(=O)CCC(CCN)C(C)C. The molecule has 0 aliphatic rings. The minimum atomic E-state index is 0.113. The fourth-order valence-electron chi connectivity index (χ4n) is 2.04. The first-order chi connectivity index (χ1) is 8.51. The fourth-order valence-corrected chi connectivity index (χ4v) is 2.04. The van der Waals surface area contributed by atoms with Crippen LogP contribution < -0.4 is 11.1 Å². The number of carbonyl (C=O) groups excluding carboxylic acids is 1. The molecule has 0 aromatic carbocycles. The van der Waals surface area contributed by atoms with Crippen molar-refractivity contribution in [3.8, 4) is 0 Å². The van der Waals surface area contributed by atoms with Gasteiger partial charge in [-0.15, -0.1) is 0 Å². The van der Waals surface area contributed by atoms with Crippen LogP contribution in [0.4, 0.5) is 0 Å². The van der Waals surface area contributed by atoms with Gasteiger partial charge in [-0.1, -0.05) is 20.8 Å². The molecule has 0 heterocycles. The molecule has 0 saturated heterocycles. The second kappa shape index (κ2) is 10.3. The predicted octanol–water partition coefficient (Wildman–Crippen LogP) is 1.52. The van der Waals surface area contributed by atoms with E-state index in [1.165, 1.54) is 0 Å². The van der Waals surface area contributed by atoms with Crippen LogP contribution in [0.15, 0.2) is 0 Å². The third kappa shape index (κ3) is 8.48. The van der Waals surface area contributed by atoms with E-state index >= 15 is 0 Å². The predicted molar refractivity (Wildman–Crippen MR) is 75.1 cm³/mol. The van der Waals surface area contributed by atoms with Crippen molar-refractivity contribution in [2.75, 3.05) is 19.7 Å². The molecule has 0 radical (unpaired) electrons. The average Bonchev–Trinajstić information content (AvgIpc) is 2.31. The highest BCUT2D eigenvalue weighted by molar-refractivity contribution is 5.75. The van der Waals surface area contributed by atoms with Crippen molar-refractivity contribution in [3.05, 3.63) is 0 Å². The first-order valence-corrected chi connectivity index (χ1v) is 7.08. The third-order valence-corrected chi connectivity index (χ3v) is 3.49. The molecule has 0 aromatic heterocycles. The molecular weight excluding hydrogens is 228 g/mol. The van der Waals surface area contributed by atoms with Gasteiger partial charge in [-0.25, -0.2) is 0 Å². The number of nitrogens with two attached hydrogens (primary N) is 1. The van der Waals surface area contributed by atoms with Crippen molar-refractivity contribution in [1.82, 2.24) is 5.32 Å². The van der Waals surface area contributed by atoms with E-state index in [1.807, 2.05) is 6.92 Å². The molecule has 0 spiro atoms. The highest BCUT2D eigenvalue weighted by Crippen LogP contribution is 2.20. The molecule has 1 amide bonds. The molecule has 0 rings (SSSR count). The molecule has 0 aliphatic carbocycles. The zero-order valence-electron chi connectivity index (χ0n) is 12.1. The summed E-state index contributed by atoms with van der Waals surface area (Å²) in [5, 5.41) is 11.7. The lowest BCUT2D eigenvalue weighted by Gasteiger charge is -2.20. The molecule has 0 bridgehead atoms. The number of rotatable bonds is 10. The summed E-state index contributed by atoms with van der Waals surface area (Å²) in [7, 11) is 0. The molecule has 0 aromatic rings. The topological polar surface area (TPSA) is 75.3 Å². The van der Waals surface area contributed by atoms with Gasteiger partial charge in [-0.2, -0.15) is 0 Å². The zero-order valence-corrected chi connectivity index (χ0v) is 12.1. The molecular formula is C14H30N2O2. The van der Waals surface area contributed by atoms with E-state index in [-0.39, 0.29) is 12.5 Å². The molecule has 2 atom stereocenters. The normalized spacial score (nSPS) is 14.6. The van der Waals surface area contributed by atoms with Crippen LogP contribution in [0.2, 0.25) is 0 Å². The Hall–Kier alpha value is -0.610.